The second-order valence-electron chi connectivity index (χ2n) is 6.38. The van der Waals surface area contributed by atoms with E-state index in [9.17, 15) is 10.2 Å². The number of phenolic OH excluding ortho intramolecular Hbond substituents is 1. The number of aliphatic hydroxyl groups excluding tert-OH is 1. The number of nitrogens with one attached hydrogen (secondary N) is 1. The Labute approximate surface area is 149 Å². The van der Waals surface area contributed by atoms with Gasteiger partial charge in [0.25, 0.3) is 0 Å². The summed E-state index contributed by atoms with van der Waals surface area (Å²) < 4.78 is 0. The molecule has 0 radical (unpaired) electrons. The van der Waals surface area contributed by atoms with Crippen molar-refractivity contribution in [2.45, 2.75) is 31.9 Å². The van der Waals surface area contributed by atoms with Gasteiger partial charge in [-0.05, 0) is 49.6 Å². The van der Waals surface area contributed by atoms with Crippen molar-refractivity contribution < 1.29 is 10.2 Å². The van der Waals surface area contributed by atoms with Crippen LogP contribution in [0.3, 0.4) is 0 Å². The zero-order chi connectivity index (χ0) is 17.6. The molecule has 1 aliphatic rings. The molecule has 2 heterocycles. The zero-order valence-electron chi connectivity index (χ0n) is 13.6. The predicted octanol–water partition coefficient (Wildman–Crippen LogP) is 3.29. The van der Waals surface area contributed by atoms with Gasteiger partial charge in [0.1, 0.15) is 17.0 Å². The molecule has 0 unspecified atom stereocenters. The van der Waals surface area contributed by atoms with Crippen molar-refractivity contribution in [2.24, 2.45) is 0 Å². The van der Waals surface area contributed by atoms with E-state index in [0.29, 0.717) is 40.5 Å². The van der Waals surface area contributed by atoms with Gasteiger partial charge in [0.05, 0.1) is 6.10 Å². The van der Waals surface area contributed by atoms with Gasteiger partial charge < -0.3 is 15.5 Å². The number of aryl methyl sites for hydroxylation is 1. The van der Waals surface area contributed by atoms with Crippen molar-refractivity contribution in [3.05, 3.63) is 41.0 Å². The Morgan fingerprint density at radius 2 is 2.04 bits per heavy atom. The smallest absolute Gasteiger partial charge is 0.175 e. The van der Waals surface area contributed by atoms with Crippen molar-refractivity contribution in [3.63, 3.8) is 0 Å². The molecule has 3 N–H and O–H groups in total. The van der Waals surface area contributed by atoms with E-state index >= 15 is 0 Å². The van der Waals surface area contributed by atoms with Crippen LogP contribution in [-0.2, 0) is 0 Å². The zero-order valence-corrected chi connectivity index (χ0v) is 14.3. The number of rotatable bonds is 3. The fraction of sp³-hybridized carbons (Fsp3) is 0.278. The van der Waals surface area contributed by atoms with E-state index in [0.717, 1.165) is 10.9 Å². The standard InChI is InChI=1S/C18H17ClN4O2/c1-9-5-10(19)6-14(25)15(9)16-13-3-2-4-20-17(13)18(23-22-16)21-11-7-12(24)8-11/h2-6,11-12,24-25H,7-8H2,1H3,(H,21,23). The third kappa shape index (κ3) is 2.88. The normalized spacial score (nSPS) is 19.6. The van der Waals surface area contributed by atoms with E-state index in [4.69, 9.17) is 11.6 Å². The average molecular weight is 357 g/mol. The highest BCUT2D eigenvalue weighted by molar-refractivity contribution is 6.31. The number of aromatic hydroxyl groups is 1. The van der Waals surface area contributed by atoms with Gasteiger partial charge >= 0.3 is 0 Å². The quantitative estimate of drug-likeness (QED) is 0.667. The van der Waals surface area contributed by atoms with Gasteiger partial charge in [0.2, 0.25) is 0 Å². The Morgan fingerprint density at radius 3 is 2.76 bits per heavy atom. The topological polar surface area (TPSA) is 91.2 Å². The van der Waals surface area contributed by atoms with Crippen LogP contribution in [0.5, 0.6) is 5.75 Å². The number of nitrogens with zero attached hydrogens (tertiary/aromatic N) is 3. The van der Waals surface area contributed by atoms with Crippen LogP contribution in [0.2, 0.25) is 5.02 Å². The van der Waals surface area contributed by atoms with E-state index in [1.807, 2.05) is 19.1 Å². The minimum atomic E-state index is -0.252. The Bertz CT molecular complexity index is 934. The van der Waals surface area contributed by atoms with E-state index in [2.05, 4.69) is 20.5 Å². The first-order valence-corrected chi connectivity index (χ1v) is 8.46. The molecule has 1 saturated carbocycles. The number of aliphatic hydroxyl groups is 1. The third-order valence-electron chi connectivity index (χ3n) is 4.51. The molecule has 1 aromatic carbocycles. The highest BCUT2D eigenvalue weighted by Gasteiger charge is 2.28. The Morgan fingerprint density at radius 1 is 1.24 bits per heavy atom. The Hall–Kier alpha value is -2.44. The average Bonchev–Trinajstić information content (AvgIpc) is 2.54. The summed E-state index contributed by atoms with van der Waals surface area (Å²) in [6.07, 6.45) is 2.82. The molecule has 0 spiro atoms. The van der Waals surface area contributed by atoms with Gasteiger partial charge in [-0.15, -0.1) is 10.2 Å². The van der Waals surface area contributed by atoms with Gasteiger partial charge in [-0.2, -0.15) is 0 Å². The number of pyridine rings is 1. The second-order valence-corrected chi connectivity index (χ2v) is 6.82. The number of anilines is 1. The van der Waals surface area contributed by atoms with Crippen LogP contribution in [0.1, 0.15) is 18.4 Å². The van der Waals surface area contributed by atoms with E-state index in [1.54, 1.807) is 12.3 Å². The predicted molar refractivity (Wildman–Crippen MR) is 96.8 cm³/mol. The molecule has 0 bridgehead atoms. The van der Waals surface area contributed by atoms with Crippen molar-refractivity contribution in [2.75, 3.05) is 5.32 Å². The summed E-state index contributed by atoms with van der Waals surface area (Å²) in [7, 11) is 0. The summed E-state index contributed by atoms with van der Waals surface area (Å²) in [6, 6.07) is 7.18. The van der Waals surface area contributed by atoms with Crippen molar-refractivity contribution in [1.82, 2.24) is 15.2 Å². The molecule has 0 atom stereocenters. The lowest BCUT2D eigenvalue weighted by Crippen LogP contribution is -2.39. The molecule has 6 nitrogen and oxygen atoms in total. The molecule has 0 amide bonds. The number of fused-ring (bicyclic) bond motifs is 1. The van der Waals surface area contributed by atoms with Crippen LogP contribution in [0.15, 0.2) is 30.5 Å². The van der Waals surface area contributed by atoms with Gasteiger partial charge in [0, 0.05) is 28.2 Å². The fourth-order valence-corrected chi connectivity index (χ4v) is 3.47. The summed E-state index contributed by atoms with van der Waals surface area (Å²) in [6.45, 7) is 1.87. The van der Waals surface area contributed by atoms with Crippen LogP contribution < -0.4 is 5.32 Å². The maximum absolute atomic E-state index is 10.4. The lowest BCUT2D eigenvalue weighted by Gasteiger charge is -2.32. The van der Waals surface area contributed by atoms with E-state index < -0.39 is 0 Å². The van der Waals surface area contributed by atoms with Gasteiger partial charge in [-0.25, -0.2) is 0 Å². The van der Waals surface area contributed by atoms with Crippen LogP contribution in [0, 0.1) is 6.92 Å². The Kier molecular flexibility index (Phi) is 3.94. The van der Waals surface area contributed by atoms with Crippen LogP contribution in [-0.4, -0.2) is 37.5 Å². The van der Waals surface area contributed by atoms with Gasteiger partial charge in [0.15, 0.2) is 5.82 Å². The minimum absolute atomic E-state index is 0.0623. The summed E-state index contributed by atoms with van der Waals surface area (Å²) in [4.78, 5) is 4.44. The summed E-state index contributed by atoms with van der Waals surface area (Å²) >= 11 is 6.01. The van der Waals surface area contributed by atoms with Crippen molar-refractivity contribution >= 4 is 28.3 Å². The molecule has 1 aliphatic carbocycles. The highest BCUT2D eigenvalue weighted by atomic mass is 35.5. The van der Waals surface area contributed by atoms with E-state index in [1.165, 1.54) is 6.07 Å². The number of hydrogen-bond donors (Lipinski definition) is 3. The SMILES string of the molecule is Cc1cc(Cl)cc(O)c1-c1nnc(NC2CC(O)C2)c2ncccc12. The highest BCUT2D eigenvalue weighted by Crippen LogP contribution is 2.38. The first-order chi connectivity index (χ1) is 12.0. The van der Waals surface area contributed by atoms with Gasteiger partial charge in [-0.1, -0.05) is 11.6 Å². The Balaban J connectivity index is 1.84. The third-order valence-corrected chi connectivity index (χ3v) is 4.73. The molecule has 7 heteroatoms. The van der Waals surface area contributed by atoms with Crippen molar-refractivity contribution in [3.8, 4) is 17.0 Å². The number of phenols is 1. The minimum Gasteiger partial charge on any atom is -0.507 e. The number of benzene rings is 1. The number of hydrogen-bond acceptors (Lipinski definition) is 6. The molecule has 1 fully saturated rings. The molecular formula is C18H17ClN4O2. The molecule has 0 aliphatic heterocycles. The van der Waals surface area contributed by atoms with Crippen LogP contribution >= 0.6 is 11.6 Å². The molecular weight excluding hydrogens is 340 g/mol. The lowest BCUT2D eigenvalue weighted by atomic mass is 9.89. The fourth-order valence-electron chi connectivity index (χ4n) is 3.20. The largest absolute Gasteiger partial charge is 0.507 e. The maximum Gasteiger partial charge on any atom is 0.175 e. The molecule has 2 aromatic heterocycles. The maximum atomic E-state index is 10.4. The number of halogens is 1. The monoisotopic (exact) mass is 356 g/mol. The first-order valence-electron chi connectivity index (χ1n) is 8.08. The van der Waals surface area contributed by atoms with E-state index in [-0.39, 0.29) is 17.9 Å². The molecule has 25 heavy (non-hydrogen) atoms. The molecule has 3 aromatic rings. The van der Waals surface area contributed by atoms with Crippen molar-refractivity contribution in [1.29, 1.82) is 0 Å². The van der Waals surface area contributed by atoms with Gasteiger partial charge in [-0.3, -0.25) is 4.98 Å². The molecule has 4 rings (SSSR count). The lowest BCUT2D eigenvalue weighted by molar-refractivity contribution is 0.0835. The van der Waals surface area contributed by atoms with Crippen LogP contribution in [0.4, 0.5) is 5.82 Å². The number of aromatic nitrogens is 3. The molecule has 0 saturated heterocycles. The summed E-state index contributed by atoms with van der Waals surface area (Å²) in [5.74, 6) is 0.648. The second kappa shape index (κ2) is 6.13. The van der Waals surface area contributed by atoms with Crippen LogP contribution in [0.25, 0.3) is 22.2 Å². The molecule has 128 valence electrons. The summed E-state index contributed by atoms with van der Waals surface area (Å²) in [5, 5.41) is 33.0. The first kappa shape index (κ1) is 16.1. The summed E-state index contributed by atoms with van der Waals surface area (Å²) in [5.41, 5.74) is 2.66.